The molecule has 3 rings (SSSR count). The van der Waals surface area contributed by atoms with Crippen LogP contribution in [-0.4, -0.2) is 48.5 Å². The maximum Gasteiger partial charge on any atom is 0.332 e. The highest BCUT2D eigenvalue weighted by Gasteiger charge is 2.22. The minimum absolute atomic E-state index is 0.0589. The molecule has 0 saturated carbocycles. The van der Waals surface area contributed by atoms with Gasteiger partial charge in [-0.25, -0.2) is 4.79 Å². The van der Waals surface area contributed by atoms with E-state index < -0.39 is 17.0 Å². The maximum atomic E-state index is 12.8. The minimum atomic E-state index is -0.702. The van der Waals surface area contributed by atoms with Gasteiger partial charge < -0.3 is 15.2 Å². The van der Waals surface area contributed by atoms with Crippen LogP contribution < -0.4 is 21.9 Å². The fourth-order valence-corrected chi connectivity index (χ4v) is 4.50. The van der Waals surface area contributed by atoms with E-state index in [0.29, 0.717) is 17.5 Å². The van der Waals surface area contributed by atoms with Gasteiger partial charge >= 0.3 is 5.69 Å². The Labute approximate surface area is 196 Å². The van der Waals surface area contributed by atoms with Gasteiger partial charge in [-0.3, -0.25) is 18.7 Å². The Morgan fingerprint density at radius 1 is 1.03 bits per heavy atom. The summed E-state index contributed by atoms with van der Waals surface area (Å²) in [5.41, 5.74) is 6.49. The van der Waals surface area contributed by atoms with Gasteiger partial charge in [0.25, 0.3) is 5.56 Å². The van der Waals surface area contributed by atoms with E-state index in [2.05, 4.69) is 41.1 Å². The number of nitrogens with two attached hydrogens (primary N) is 1. The number of Topliss-reactive ketones (excluding diaryl/α,β-unsaturated/α-hetero) is 1. The molecule has 0 atom stereocenters. The fourth-order valence-electron chi connectivity index (χ4n) is 3.63. The number of nitrogens with zero attached hydrogens (tertiary/aromatic N) is 6. The number of rotatable bonds is 9. The topological polar surface area (TPSA) is 121 Å². The zero-order chi connectivity index (χ0) is 24.3. The van der Waals surface area contributed by atoms with E-state index >= 15 is 0 Å². The average Bonchev–Trinajstić information content (AvgIpc) is 3.24. The third-order valence-electron chi connectivity index (χ3n) is 5.61. The minimum Gasteiger partial charge on any atom is -0.384 e. The smallest absolute Gasteiger partial charge is 0.332 e. The molecule has 2 N–H and O–H groups in total. The van der Waals surface area contributed by atoms with Crippen LogP contribution >= 0.6 is 11.8 Å². The lowest BCUT2D eigenvalue weighted by molar-refractivity contribution is 0.102. The van der Waals surface area contributed by atoms with Crippen molar-refractivity contribution >= 4 is 29.1 Å². The number of ketones is 1. The molecule has 10 nitrogen and oxygen atoms in total. The van der Waals surface area contributed by atoms with Crippen LogP contribution in [0.3, 0.4) is 0 Å². The van der Waals surface area contributed by atoms with Crippen LogP contribution in [0.25, 0.3) is 11.4 Å². The van der Waals surface area contributed by atoms with Gasteiger partial charge in [-0.05, 0) is 45.0 Å². The average molecular weight is 472 g/mol. The first-order valence-electron chi connectivity index (χ1n) is 10.7. The number of anilines is 2. The van der Waals surface area contributed by atoms with E-state index in [1.165, 1.54) is 25.9 Å². The van der Waals surface area contributed by atoms with Crippen molar-refractivity contribution in [3.8, 4) is 11.4 Å². The lowest BCUT2D eigenvalue weighted by atomic mass is 10.2. The largest absolute Gasteiger partial charge is 0.384 e. The number of carbonyl (C=O) groups is 1. The Hall–Kier alpha value is -3.34. The number of benzene rings is 1. The molecule has 0 aliphatic carbocycles. The van der Waals surface area contributed by atoms with Crippen molar-refractivity contribution in [1.82, 2.24) is 23.9 Å². The summed E-state index contributed by atoms with van der Waals surface area (Å²) in [7, 11) is 2.74. The van der Waals surface area contributed by atoms with Crippen LogP contribution in [0.4, 0.5) is 11.5 Å². The summed E-state index contributed by atoms with van der Waals surface area (Å²) in [6, 6.07) is 8.15. The molecule has 0 aliphatic heterocycles. The van der Waals surface area contributed by atoms with Crippen molar-refractivity contribution in [3.63, 3.8) is 0 Å². The van der Waals surface area contributed by atoms with E-state index in [1.54, 1.807) is 0 Å². The number of thioether (sulfide) groups is 1. The third kappa shape index (κ3) is 4.58. The molecule has 0 saturated heterocycles. The van der Waals surface area contributed by atoms with Crippen molar-refractivity contribution < 1.29 is 4.79 Å². The molecule has 176 valence electrons. The first kappa shape index (κ1) is 24.3. The molecule has 11 heteroatoms. The summed E-state index contributed by atoms with van der Waals surface area (Å²) in [5.74, 6) is 0.0386. The number of aromatic nitrogens is 5. The molecule has 0 aliphatic rings. The van der Waals surface area contributed by atoms with Crippen LogP contribution in [0.1, 0.15) is 31.1 Å². The number of nitrogen functional groups attached to an aromatic ring is 1. The van der Waals surface area contributed by atoms with Gasteiger partial charge in [-0.1, -0.05) is 11.8 Å². The second-order valence-corrected chi connectivity index (χ2v) is 8.39. The Balaban J connectivity index is 1.84. The summed E-state index contributed by atoms with van der Waals surface area (Å²) < 4.78 is 3.89. The molecule has 0 fully saturated rings. The second kappa shape index (κ2) is 10.1. The van der Waals surface area contributed by atoms with E-state index in [9.17, 15) is 14.4 Å². The van der Waals surface area contributed by atoms with Crippen LogP contribution in [0.5, 0.6) is 0 Å². The predicted octanol–water partition coefficient (Wildman–Crippen LogP) is 1.77. The van der Waals surface area contributed by atoms with Gasteiger partial charge in [0.1, 0.15) is 11.4 Å². The summed E-state index contributed by atoms with van der Waals surface area (Å²) in [6.07, 6.45) is 0. The van der Waals surface area contributed by atoms with Gasteiger partial charge in [0.05, 0.1) is 5.75 Å². The molecule has 33 heavy (non-hydrogen) atoms. The molecule has 3 aromatic rings. The number of hydrogen-bond donors (Lipinski definition) is 1. The van der Waals surface area contributed by atoms with E-state index in [-0.39, 0.29) is 17.1 Å². The standard InChI is InChI=1S/C22H29N7O3S/c1-6-28(7-2)15-11-9-14(10-12-15)19-24-25-21(29(19)8-3)33-13-16(30)17-18(23)26(4)22(32)27(5)20(17)31/h9-12H,6-8,13,23H2,1-5H3. The molecule has 0 radical (unpaired) electrons. The van der Waals surface area contributed by atoms with E-state index in [1.807, 2.05) is 23.6 Å². The van der Waals surface area contributed by atoms with E-state index in [4.69, 9.17) is 5.73 Å². The summed E-state index contributed by atoms with van der Waals surface area (Å²) in [5, 5.41) is 9.15. The molecule has 2 heterocycles. The predicted molar refractivity (Wildman–Crippen MR) is 131 cm³/mol. The quantitative estimate of drug-likeness (QED) is 0.370. The van der Waals surface area contributed by atoms with Gasteiger partial charge in [-0.2, -0.15) is 0 Å². The van der Waals surface area contributed by atoms with Crippen molar-refractivity contribution in [2.45, 2.75) is 32.5 Å². The Morgan fingerprint density at radius 3 is 2.24 bits per heavy atom. The lowest BCUT2D eigenvalue weighted by Crippen LogP contribution is -2.41. The third-order valence-corrected chi connectivity index (χ3v) is 6.57. The van der Waals surface area contributed by atoms with Gasteiger partial charge in [0.2, 0.25) is 0 Å². The van der Waals surface area contributed by atoms with Crippen molar-refractivity contribution in [2.24, 2.45) is 14.1 Å². The zero-order valence-corrected chi connectivity index (χ0v) is 20.3. The molecule has 2 aromatic heterocycles. The Morgan fingerprint density at radius 2 is 1.67 bits per heavy atom. The molecule has 0 spiro atoms. The normalized spacial score (nSPS) is 11.1. The molecule has 1 aromatic carbocycles. The van der Waals surface area contributed by atoms with Gasteiger partial charge in [0.15, 0.2) is 16.8 Å². The van der Waals surface area contributed by atoms with Crippen molar-refractivity contribution in [2.75, 3.05) is 29.5 Å². The highest BCUT2D eigenvalue weighted by atomic mass is 32.2. The summed E-state index contributed by atoms with van der Waals surface area (Å²) >= 11 is 1.18. The van der Waals surface area contributed by atoms with Gasteiger partial charge in [0, 0.05) is 45.0 Å². The Bertz CT molecular complexity index is 1270. The number of hydrogen-bond acceptors (Lipinski definition) is 8. The van der Waals surface area contributed by atoms with Crippen molar-refractivity contribution in [1.29, 1.82) is 0 Å². The zero-order valence-electron chi connectivity index (χ0n) is 19.5. The van der Waals surface area contributed by atoms with Crippen LogP contribution in [0.15, 0.2) is 39.0 Å². The van der Waals surface area contributed by atoms with Crippen LogP contribution in [0.2, 0.25) is 0 Å². The summed E-state index contributed by atoms with van der Waals surface area (Å²) in [6.45, 7) is 8.69. The number of carbonyl (C=O) groups excluding carboxylic acids is 1. The fraction of sp³-hybridized carbons (Fsp3) is 0.409. The Kier molecular flexibility index (Phi) is 7.42. The lowest BCUT2D eigenvalue weighted by Gasteiger charge is -2.21. The molecule has 0 amide bonds. The first-order chi connectivity index (χ1) is 15.7. The van der Waals surface area contributed by atoms with E-state index in [0.717, 1.165) is 33.5 Å². The molecule has 0 unspecified atom stereocenters. The molecule has 0 bridgehead atoms. The van der Waals surface area contributed by atoms with Crippen molar-refractivity contribution in [3.05, 3.63) is 50.7 Å². The van der Waals surface area contributed by atoms with Crippen LogP contribution in [0, 0.1) is 0 Å². The molecular weight excluding hydrogens is 442 g/mol. The summed E-state index contributed by atoms with van der Waals surface area (Å²) in [4.78, 5) is 39.5. The highest BCUT2D eigenvalue weighted by molar-refractivity contribution is 7.99. The van der Waals surface area contributed by atoms with Gasteiger partial charge in [-0.15, -0.1) is 10.2 Å². The first-order valence-corrected chi connectivity index (χ1v) is 11.7. The molecular formula is C22H29N7O3S. The second-order valence-electron chi connectivity index (χ2n) is 7.45. The van der Waals surface area contributed by atoms with Crippen LogP contribution in [-0.2, 0) is 20.6 Å². The highest BCUT2D eigenvalue weighted by Crippen LogP contribution is 2.26. The maximum absolute atomic E-state index is 12.8. The monoisotopic (exact) mass is 471 g/mol. The SMILES string of the molecule is CCN(CC)c1ccc(-c2nnc(SCC(=O)c3c(N)n(C)c(=O)n(C)c3=O)n2CC)cc1.